The second kappa shape index (κ2) is 10.1. The van der Waals surface area contributed by atoms with E-state index in [1.165, 1.54) is 24.3 Å². The van der Waals surface area contributed by atoms with Crippen molar-refractivity contribution in [2.24, 2.45) is 0 Å². The van der Waals surface area contributed by atoms with Gasteiger partial charge in [0.2, 0.25) is 5.91 Å². The van der Waals surface area contributed by atoms with E-state index in [0.717, 1.165) is 5.56 Å². The molecule has 0 saturated heterocycles. The van der Waals surface area contributed by atoms with Crippen molar-refractivity contribution >= 4 is 23.4 Å². The molecule has 0 aliphatic carbocycles. The molecule has 0 saturated carbocycles. The first-order valence-electron chi connectivity index (χ1n) is 9.41. The number of carbonyl (C=O) groups is 2. The summed E-state index contributed by atoms with van der Waals surface area (Å²) in [5.74, 6) is 0.415. The average Bonchev–Trinajstić information content (AvgIpc) is 2.71. The highest BCUT2D eigenvalue weighted by Gasteiger charge is 2.16. The molecule has 1 aliphatic heterocycles. The van der Waals surface area contributed by atoms with Gasteiger partial charge in [-0.1, -0.05) is 11.6 Å². The highest BCUT2D eigenvalue weighted by Crippen LogP contribution is 2.38. The van der Waals surface area contributed by atoms with E-state index in [4.69, 9.17) is 21.1 Å². The van der Waals surface area contributed by atoms with Gasteiger partial charge in [0.05, 0.1) is 5.02 Å². The molecule has 8 heteroatoms. The molecule has 2 aromatic rings. The third kappa shape index (κ3) is 6.09. The Morgan fingerprint density at radius 1 is 1.03 bits per heavy atom. The molecule has 0 atom stereocenters. The topological polar surface area (TPSA) is 76.7 Å². The minimum Gasteiger partial charge on any atom is -0.486 e. The van der Waals surface area contributed by atoms with E-state index >= 15 is 0 Å². The highest BCUT2D eigenvalue weighted by atomic mass is 35.5. The number of benzene rings is 2. The quantitative estimate of drug-likeness (QED) is 0.643. The van der Waals surface area contributed by atoms with Crippen LogP contribution in [-0.4, -0.2) is 38.1 Å². The van der Waals surface area contributed by atoms with Crippen LogP contribution >= 0.6 is 11.6 Å². The Morgan fingerprint density at radius 2 is 1.79 bits per heavy atom. The first-order valence-corrected chi connectivity index (χ1v) is 9.79. The number of hydrogen-bond donors (Lipinski definition) is 2. The lowest BCUT2D eigenvalue weighted by Crippen LogP contribution is -2.28. The predicted molar refractivity (Wildman–Crippen MR) is 107 cm³/mol. The van der Waals surface area contributed by atoms with Gasteiger partial charge in [-0.05, 0) is 54.8 Å². The van der Waals surface area contributed by atoms with Gasteiger partial charge in [-0.2, -0.15) is 0 Å². The largest absolute Gasteiger partial charge is 0.486 e. The molecule has 29 heavy (non-hydrogen) atoms. The molecule has 0 unspecified atom stereocenters. The second-order valence-corrected chi connectivity index (χ2v) is 6.98. The summed E-state index contributed by atoms with van der Waals surface area (Å²) in [6.45, 7) is 1.80. The summed E-state index contributed by atoms with van der Waals surface area (Å²) in [4.78, 5) is 23.8. The lowest BCUT2D eigenvalue weighted by atomic mass is 10.1. The molecule has 2 amide bonds. The van der Waals surface area contributed by atoms with Crippen LogP contribution in [0.1, 0.15) is 28.8 Å². The standard InChI is InChI=1S/C21H22ClFN2O4/c22-17-12-14(13-18-20(17)29-11-10-28-18)7-9-24-19(26)2-1-8-25-21(27)15-3-5-16(23)6-4-15/h3-6,12-13H,1-2,7-11H2,(H,24,26)(H,25,27). The molecular weight excluding hydrogens is 399 g/mol. The number of carbonyl (C=O) groups excluding carboxylic acids is 2. The molecule has 2 N–H and O–H groups in total. The summed E-state index contributed by atoms with van der Waals surface area (Å²) < 4.78 is 23.9. The fourth-order valence-electron chi connectivity index (χ4n) is 2.90. The maximum atomic E-state index is 12.9. The normalized spacial score (nSPS) is 12.3. The summed E-state index contributed by atoms with van der Waals surface area (Å²) >= 11 is 6.21. The van der Waals surface area contributed by atoms with Crippen LogP contribution in [0.15, 0.2) is 36.4 Å². The SMILES string of the molecule is O=C(CCCNC(=O)c1ccc(F)cc1)NCCc1cc(Cl)c2c(c1)OCCO2. The zero-order valence-electron chi connectivity index (χ0n) is 15.8. The second-order valence-electron chi connectivity index (χ2n) is 6.57. The molecule has 2 aromatic carbocycles. The van der Waals surface area contributed by atoms with E-state index in [2.05, 4.69) is 10.6 Å². The molecule has 0 radical (unpaired) electrons. The Labute approximate surface area is 173 Å². The van der Waals surface area contributed by atoms with Crippen molar-refractivity contribution in [2.75, 3.05) is 26.3 Å². The number of rotatable bonds is 8. The number of nitrogens with one attached hydrogen (secondary N) is 2. The molecule has 0 bridgehead atoms. The van der Waals surface area contributed by atoms with Crippen molar-refractivity contribution in [1.82, 2.24) is 10.6 Å². The number of halogens is 2. The molecular formula is C21H22ClFN2O4. The van der Waals surface area contributed by atoms with Crippen LogP contribution in [0, 0.1) is 5.82 Å². The van der Waals surface area contributed by atoms with E-state index in [1.807, 2.05) is 12.1 Å². The van der Waals surface area contributed by atoms with E-state index in [9.17, 15) is 14.0 Å². The van der Waals surface area contributed by atoms with Gasteiger partial charge in [0.15, 0.2) is 11.5 Å². The van der Waals surface area contributed by atoms with Crippen molar-refractivity contribution in [3.05, 3.63) is 58.4 Å². The molecule has 3 rings (SSSR count). The zero-order chi connectivity index (χ0) is 20.6. The van der Waals surface area contributed by atoms with Crippen molar-refractivity contribution < 1.29 is 23.5 Å². The van der Waals surface area contributed by atoms with Gasteiger partial charge in [0.25, 0.3) is 5.91 Å². The van der Waals surface area contributed by atoms with Gasteiger partial charge < -0.3 is 20.1 Å². The zero-order valence-corrected chi connectivity index (χ0v) is 16.6. The summed E-state index contributed by atoms with van der Waals surface area (Å²) in [6, 6.07) is 8.99. The van der Waals surface area contributed by atoms with E-state index < -0.39 is 5.82 Å². The fourth-order valence-corrected chi connectivity index (χ4v) is 3.19. The van der Waals surface area contributed by atoms with Gasteiger partial charge in [0.1, 0.15) is 19.0 Å². The van der Waals surface area contributed by atoms with Gasteiger partial charge in [-0.15, -0.1) is 0 Å². The molecule has 1 heterocycles. The van der Waals surface area contributed by atoms with Crippen LogP contribution in [0.2, 0.25) is 5.02 Å². The lowest BCUT2D eigenvalue weighted by molar-refractivity contribution is -0.121. The minimum atomic E-state index is -0.392. The van der Waals surface area contributed by atoms with Gasteiger partial charge in [-0.3, -0.25) is 9.59 Å². The minimum absolute atomic E-state index is 0.0929. The molecule has 154 valence electrons. The van der Waals surface area contributed by atoms with Crippen LogP contribution in [0.5, 0.6) is 11.5 Å². The number of ether oxygens (including phenoxy) is 2. The van der Waals surface area contributed by atoms with Gasteiger partial charge >= 0.3 is 0 Å². The maximum Gasteiger partial charge on any atom is 0.251 e. The van der Waals surface area contributed by atoms with Crippen LogP contribution < -0.4 is 20.1 Å². The van der Waals surface area contributed by atoms with E-state index in [0.29, 0.717) is 67.7 Å². The van der Waals surface area contributed by atoms with Crippen LogP contribution in [0.4, 0.5) is 4.39 Å². The van der Waals surface area contributed by atoms with Crippen LogP contribution in [-0.2, 0) is 11.2 Å². The Morgan fingerprint density at radius 3 is 2.59 bits per heavy atom. The number of hydrogen-bond acceptors (Lipinski definition) is 4. The maximum absolute atomic E-state index is 12.9. The van der Waals surface area contributed by atoms with Crippen LogP contribution in [0.25, 0.3) is 0 Å². The van der Waals surface area contributed by atoms with Gasteiger partial charge in [0, 0.05) is 25.1 Å². The Kier molecular flexibility index (Phi) is 7.30. The van der Waals surface area contributed by atoms with Crippen molar-refractivity contribution in [1.29, 1.82) is 0 Å². The monoisotopic (exact) mass is 420 g/mol. The fraction of sp³-hybridized carbons (Fsp3) is 0.333. The predicted octanol–water partition coefficient (Wildman–Crippen LogP) is 3.12. The molecule has 0 fully saturated rings. The van der Waals surface area contributed by atoms with E-state index in [1.54, 1.807) is 0 Å². The average molecular weight is 421 g/mol. The molecule has 1 aliphatic rings. The first kappa shape index (κ1) is 20.9. The van der Waals surface area contributed by atoms with Crippen molar-refractivity contribution in [3.63, 3.8) is 0 Å². The summed E-state index contributed by atoms with van der Waals surface area (Å²) in [5.41, 5.74) is 1.33. The number of fused-ring (bicyclic) bond motifs is 1. The summed E-state index contributed by atoms with van der Waals surface area (Å²) in [6.07, 6.45) is 1.42. The molecule has 0 spiro atoms. The Balaban J connectivity index is 1.34. The third-order valence-electron chi connectivity index (χ3n) is 4.37. The smallest absolute Gasteiger partial charge is 0.251 e. The van der Waals surface area contributed by atoms with Crippen molar-refractivity contribution in [3.8, 4) is 11.5 Å². The Bertz CT molecular complexity index is 874. The summed E-state index contributed by atoms with van der Waals surface area (Å²) in [5, 5.41) is 6.06. The van der Waals surface area contributed by atoms with E-state index in [-0.39, 0.29) is 11.8 Å². The van der Waals surface area contributed by atoms with Gasteiger partial charge in [-0.25, -0.2) is 4.39 Å². The van der Waals surface area contributed by atoms with Crippen molar-refractivity contribution in [2.45, 2.75) is 19.3 Å². The lowest BCUT2D eigenvalue weighted by Gasteiger charge is -2.20. The Hall–Kier alpha value is -2.80. The highest BCUT2D eigenvalue weighted by molar-refractivity contribution is 6.32. The molecule has 6 nitrogen and oxygen atoms in total. The summed E-state index contributed by atoms with van der Waals surface area (Å²) in [7, 11) is 0. The number of amides is 2. The van der Waals surface area contributed by atoms with Crippen LogP contribution in [0.3, 0.4) is 0 Å². The first-order chi connectivity index (χ1) is 14.0. The molecule has 0 aromatic heterocycles. The third-order valence-corrected chi connectivity index (χ3v) is 4.65.